The van der Waals surface area contributed by atoms with E-state index < -0.39 is 10.0 Å². The number of fused-ring (bicyclic) bond motifs is 1. The van der Waals surface area contributed by atoms with Gasteiger partial charge in [-0.1, -0.05) is 24.3 Å². The van der Waals surface area contributed by atoms with E-state index in [-0.39, 0.29) is 22.3 Å². The van der Waals surface area contributed by atoms with E-state index in [1.165, 1.54) is 30.3 Å². The number of nitrogens with one attached hydrogen (secondary N) is 2. The van der Waals surface area contributed by atoms with Crippen molar-refractivity contribution in [3.05, 3.63) is 84.2 Å². The van der Waals surface area contributed by atoms with Crippen LogP contribution in [0.1, 0.15) is 5.56 Å². The summed E-state index contributed by atoms with van der Waals surface area (Å²) in [7, 11) is -3.88. The van der Waals surface area contributed by atoms with Crippen LogP contribution in [0.4, 0.5) is 21.7 Å². The van der Waals surface area contributed by atoms with E-state index in [0.717, 1.165) is 5.56 Å². The number of benzene rings is 3. The maximum atomic E-state index is 13.2. The summed E-state index contributed by atoms with van der Waals surface area (Å²) in [5, 5.41) is 3.01. The van der Waals surface area contributed by atoms with Crippen molar-refractivity contribution in [1.82, 2.24) is 9.97 Å². The molecule has 0 saturated heterocycles. The Hall–Kier alpha value is -3.52. The fourth-order valence-electron chi connectivity index (χ4n) is 2.80. The van der Waals surface area contributed by atoms with Crippen molar-refractivity contribution in [2.45, 2.75) is 11.8 Å². The Morgan fingerprint density at radius 2 is 1.48 bits per heavy atom. The van der Waals surface area contributed by atoms with Gasteiger partial charge in [0.15, 0.2) is 11.6 Å². The number of rotatable bonds is 5. The van der Waals surface area contributed by atoms with Crippen molar-refractivity contribution < 1.29 is 12.8 Å². The monoisotopic (exact) mass is 408 g/mol. The Bertz CT molecular complexity index is 1290. The molecule has 1 aromatic heterocycles. The van der Waals surface area contributed by atoms with Crippen molar-refractivity contribution in [3.63, 3.8) is 0 Å². The minimum Gasteiger partial charge on any atom is -0.337 e. The first-order chi connectivity index (χ1) is 13.9. The van der Waals surface area contributed by atoms with E-state index in [1.807, 2.05) is 19.1 Å². The SMILES string of the molecule is Cc1cccc(S(=O)(=O)Nc2nc3ccccc3nc2Nc2ccc(F)cc2)c1. The Kier molecular flexibility index (Phi) is 4.85. The predicted molar refractivity (Wildman–Crippen MR) is 111 cm³/mol. The van der Waals surface area contributed by atoms with Gasteiger partial charge in [-0.05, 0) is 61.0 Å². The van der Waals surface area contributed by atoms with Crippen LogP contribution in [0.3, 0.4) is 0 Å². The lowest BCUT2D eigenvalue weighted by atomic mass is 10.2. The molecule has 0 unspecified atom stereocenters. The summed E-state index contributed by atoms with van der Waals surface area (Å²) in [5.41, 5.74) is 2.50. The van der Waals surface area contributed by atoms with Crippen LogP contribution in [-0.4, -0.2) is 18.4 Å². The Balaban J connectivity index is 1.78. The molecular weight excluding hydrogens is 391 g/mol. The zero-order valence-corrected chi connectivity index (χ0v) is 16.2. The van der Waals surface area contributed by atoms with Crippen LogP contribution in [0.2, 0.25) is 0 Å². The average molecular weight is 408 g/mol. The van der Waals surface area contributed by atoms with Gasteiger partial charge < -0.3 is 5.32 Å². The lowest BCUT2D eigenvalue weighted by molar-refractivity contribution is 0.601. The molecule has 0 aliphatic carbocycles. The zero-order chi connectivity index (χ0) is 20.4. The Morgan fingerprint density at radius 3 is 2.14 bits per heavy atom. The number of aromatic nitrogens is 2. The highest BCUT2D eigenvalue weighted by atomic mass is 32.2. The lowest BCUT2D eigenvalue weighted by Gasteiger charge is -2.14. The van der Waals surface area contributed by atoms with E-state index in [4.69, 9.17) is 0 Å². The second-order valence-corrected chi connectivity index (χ2v) is 8.15. The number of halogens is 1. The second-order valence-electron chi connectivity index (χ2n) is 6.46. The van der Waals surface area contributed by atoms with Gasteiger partial charge in [-0.3, -0.25) is 4.72 Å². The van der Waals surface area contributed by atoms with Crippen molar-refractivity contribution in [2.75, 3.05) is 10.0 Å². The third-order valence-electron chi connectivity index (χ3n) is 4.21. The van der Waals surface area contributed by atoms with E-state index in [2.05, 4.69) is 20.0 Å². The fourth-order valence-corrected chi connectivity index (χ4v) is 3.91. The molecule has 4 aromatic rings. The number of hydrogen-bond acceptors (Lipinski definition) is 5. The normalized spacial score (nSPS) is 11.4. The van der Waals surface area contributed by atoms with Gasteiger partial charge in [-0.15, -0.1) is 0 Å². The number of sulfonamides is 1. The minimum atomic E-state index is -3.88. The number of para-hydroxylation sites is 2. The van der Waals surface area contributed by atoms with Crippen molar-refractivity contribution in [2.24, 2.45) is 0 Å². The van der Waals surface area contributed by atoms with Crippen molar-refractivity contribution >= 4 is 38.4 Å². The topological polar surface area (TPSA) is 84.0 Å². The molecule has 1 heterocycles. The van der Waals surface area contributed by atoms with Crippen LogP contribution >= 0.6 is 0 Å². The number of aryl methyl sites for hydroxylation is 1. The van der Waals surface area contributed by atoms with E-state index in [1.54, 1.807) is 30.3 Å². The molecular formula is C21H17FN4O2S. The maximum Gasteiger partial charge on any atom is 0.263 e. The van der Waals surface area contributed by atoms with E-state index in [0.29, 0.717) is 16.7 Å². The first kappa shape index (κ1) is 18.8. The summed E-state index contributed by atoms with van der Waals surface area (Å²) in [6.45, 7) is 1.82. The summed E-state index contributed by atoms with van der Waals surface area (Å²) in [6, 6.07) is 19.4. The zero-order valence-electron chi connectivity index (χ0n) is 15.4. The van der Waals surface area contributed by atoms with Gasteiger partial charge in [-0.2, -0.15) is 0 Å². The molecule has 0 bridgehead atoms. The van der Waals surface area contributed by atoms with Crippen LogP contribution in [-0.2, 0) is 10.0 Å². The molecule has 0 radical (unpaired) electrons. The summed E-state index contributed by atoms with van der Waals surface area (Å²) < 4.78 is 41.5. The highest BCUT2D eigenvalue weighted by Crippen LogP contribution is 2.27. The van der Waals surface area contributed by atoms with Crippen LogP contribution in [0, 0.1) is 12.7 Å². The molecule has 6 nitrogen and oxygen atoms in total. The van der Waals surface area contributed by atoms with Gasteiger partial charge in [0.1, 0.15) is 5.82 Å². The van der Waals surface area contributed by atoms with E-state index >= 15 is 0 Å². The van der Waals surface area contributed by atoms with Gasteiger partial charge in [0.25, 0.3) is 10.0 Å². The third-order valence-corrected chi connectivity index (χ3v) is 5.54. The molecule has 3 aromatic carbocycles. The average Bonchev–Trinajstić information content (AvgIpc) is 2.70. The van der Waals surface area contributed by atoms with Crippen LogP contribution in [0.15, 0.2) is 77.7 Å². The van der Waals surface area contributed by atoms with Crippen LogP contribution < -0.4 is 10.0 Å². The molecule has 8 heteroatoms. The van der Waals surface area contributed by atoms with Gasteiger partial charge in [0.05, 0.1) is 15.9 Å². The second kappa shape index (κ2) is 7.48. The quantitative estimate of drug-likeness (QED) is 0.503. The molecule has 0 saturated carbocycles. The predicted octanol–water partition coefficient (Wildman–Crippen LogP) is 4.62. The number of hydrogen-bond donors (Lipinski definition) is 2. The largest absolute Gasteiger partial charge is 0.337 e. The number of nitrogens with zero attached hydrogens (tertiary/aromatic N) is 2. The molecule has 4 rings (SSSR count). The lowest BCUT2D eigenvalue weighted by Crippen LogP contribution is -2.16. The summed E-state index contributed by atoms with van der Waals surface area (Å²) in [6.07, 6.45) is 0. The Labute approximate surface area is 167 Å². The van der Waals surface area contributed by atoms with Gasteiger partial charge in [-0.25, -0.2) is 22.8 Å². The summed E-state index contributed by atoms with van der Waals surface area (Å²) in [4.78, 5) is 9.05. The molecule has 0 amide bonds. The van der Waals surface area contributed by atoms with Crippen LogP contribution in [0.5, 0.6) is 0 Å². The summed E-state index contributed by atoms with van der Waals surface area (Å²) in [5.74, 6) is -0.110. The van der Waals surface area contributed by atoms with Crippen molar-refractivity contribution in [3.8, 4) is 0 Å². The molecule has 0 spiro atoms. The van der Waals surface area contributed by atoms with Gasteiger partial charge in [0.2, 0.25) is 0 Å². The van der Waals surface area contributed by atoms with Crippen molar-refractivity contribution in [1.29, 1.82) is 0 Å². The highest BCUT2D eigenvalue weighted by Gasteiger charge is 2.19. The molecule has 0 atom stereocenters. The molecule has 2 N–H and O–H groups in total. The standard InChI is InChI=1S/C21H17FN4O2S/c1-14-5-4-6-17(13-14)29(27,28)26-21-20(23-16-11-9-15(22)10-12-16)24-18-7-2-3-8-19(18)25-21/h2-13H,1H3,(H,23,24)(H,25,26). The minimum absolute atomic E-state index is 0.0505. The molecule has 0 fully saturated rings. The van der Waals surface area contributed by atoms with Crippen LogP contribution in [0.25, 0.3) is 11.0 Å². The first-order valence-corrected chi connectivity index (χ1v) is 10.3. The molecule has 0 aliphatic heterocycles. The summed E-state index contributed by atoms with van der Waals surface area (Å²) >= 11 is 0. The smallest absolute Gasteiger partial charge is 0.263 e. The third kappa shape index (κ3) is 4.17. The Morgan fingerprint density at radius 1 is 0.828 bits per heavy atom. The van der Waals surface area contributed by atoms with Gasteiger partial charge in [0, 0.05) is 5.69 Å². The molecule has 0 aliphatic rings. The number of anilines is 3. The van der Waals surface area contributed by atoms with E-state index in [9.17, 15) is 12.8 Å². The molecule has 146 valence electrons. The molecule has 29 heavy (non-hydrogen) atoms. The fraction of sp³-hybridized carbons (Fsp3) is 0.0476. The first-order valence-electron chi connectivity index (χ1n) is 8.80. The maximum absolute atomic E-state index is 13.2. The van der Waals surface area contributed by atoms with Gasteiger partial charge >= 0.3 is 0 Å². The highest BCUT2D eigenvalue weighted by molar-refractivity contribution is 7.92.